The molecule has 35 heavy (non-hydrogen) atoms. The van der Waals surface area contributed by atoms with Gasteiger partial charge >= 0.3 is 0 Å². The summed E-state index contributed by atoms with van der Waals surface area (Å²) >= 11 is 1.47. The van der Waals surface area contributed by atoms with Crippen molar-refractivity contribution >= 4 is 28.8 Å². The van der Waals surface area contributed by atoms with E-state index in [1.807, 2.05) is 17.5 Å². The first kappa shape index (κ1) is 24.7. The molecule has 1 saturated carbocycles. The SMILES string of the molecule is COc1ccc([C@@H](C(=O)NC2CCCC2)N(C(=O)Cc2cccs2)c2ccc(F)cc2)c(OC)c1. The molecule has 2 aromatic carbocycles. The Morgan fingerprint density at radius 1 is 1.09 bits per heavy atom. The van der Waals surface area contributed by atoms with Gasteiger partial charge in [0.05, 0.1) is 20.6 Å². The zero-order valence-corrected chi connectivity index (χ0v) is 20.6. The standard InChI is InChI=1S/C27H29FN2O4S/c1-33-21-13-14-23(24(16-21)34-2)26(27(32)29-19-6-3-4-7-19)30(20-11-9-18(28)10-12-20)25(31)17-22-8-5-15-35-22/h5,8-16,19,26H,3-4,6-7,17H2,1-2H3,(H,29,32)/t26-/m0/s1. The zero-order chi connectivity index (χ0) is 24.8. The number of rotatable bonds is 9. The van der Waals surface area contributed by atoms with Gasteiger partial charge in [-0.05, 0) is 60.7 Å². The smallest absolute Gasteiger partial charge is 0.248 e. The van der Waals surface area contributed by atoms with Crippen molar-refractivity contribution in [2.45, 2.75) is 44.2 Å². The average Bonchev–Trinajstić information content (AvgIpc) is 3.57. The van der Waals surface area contributed by atoms with Gasteiger partial charge in [-0.3, -0.25) is 14.5 Å². The first-order valence-electron chi connectivity index (χ1n) is 11.6. The van der Waals surface area contributed by atoms with E-state index in [9.17, 15) is 14.0 Å². The van der Waals surface area contributed by atoms with Gasteiger partial charge in [0.25, 0.3) is 0 Å². The molecule has 1 aliphatic carbocycles. The van der Waals surface area contributed by atoms with Crippen LogP contribution in [0, 0.1) is 5.82 Å². The molecule has 6 nitrogen and oxygen atoms in total. The second-order valence-electron chi connectivity index (χ2n) is 8.50. The minimum absolute atomic E-state index is 0.0525. The normalized spacial score (nSPS) is 14.4. The molecule has 1 atom stereocenters. The Balaban J connectivity index is 1.82. The number of ether oxygens (including phenoxy) is 2. The maximum atomic E-state index is 13.8. The number of methoxy groups -OCH3 is 2. The van der Waals surface area contributed by atoms with Crippen molar-refractivity contribution in [1.82, 2.24) is 5.32 Å². The lowest BCUT2D eigenvalue weighted by Gasteiger charge is -2.33. The van der Waals surface area contributed by atoms with Crippen LogP contribution >= 0.6 is 11.3 Å². The molecule has 3 aromatic rings. The van der Waals surface area contributed by atoms with Crippen molar-refractivity contribution in [3.8, 4) is 11.5 Å². The molecule has 4 rings (SSSR count). The van der Waals surface area contributed by atoms with Gasteiger partial charge in [-0.15, -0.1) is 11.3 Å². The van der Waals surface area contributed by atoms with Crippen LogP contribution in [0.15, 0.2) is 60.0 Å². The molecule has 1 N–H and O–H groups in total. The zero-order valence-electron chi connectivity index (χ0n) is 19.8. The number of halogens is 1. The van der Waals surface area contributed by atoms with Gasteiger partial charge in [0.15, 0.2) is 0 Å². The Labute approximate surface area is 208 Å². The molecule has 0 bridgehead atoms. The lowest BCUT2D eigenvalue weighted by atomic mass is 10.00. The van der Waals surface area contributed by atoms with E-state index in [4.69, 9.17) is 9.47 Å². The van der Waals surface area contributed by atoms with Crippen LogP contribution in [0.2, 0.25) is 0 Å². The predicted octanol–water partition coefficient (Wildman–Crippen LogP) is 5.28. The molecule has 0 aliphatic heterocycles. The quantitative estimate of drug-likeness (QED) is 0.438. The first-order valence-corrected chi connectivity index (χ1v) is 12.5. The molecule has 2 amide bonds. The van der Waals surface area contributed by atoms with Gasteiger partial charge in [0.2, 0.25) is 11.8 Å². The highest BCUT2D eigenvalue weighted by atomic mass is 32.1. The summed E-state index contributed by atoms with van der Waals surface area (Å²) in [5.41, 5.74) is 0.949. The molecule has 0 spiro atoms. The molecular weight excluding hydrogens is 467 g/mol. The van der Waals surface area contributed by atoms with Gasteiger partial charge in [0, 0.05) is 28.2 Å². The second-order valence-corrected chi connectivity index (χ2v) is 9.53. The number of nitrogens with one attached hydrogen (secondary N) is 1. The van der Waals surface area contributed by atoms with Crippen LogP contribution in [-0.4, -0.2) is 32.1 Å². The Morgan fingerprint density at radius 3 is 2.46 bits per heavy atom. The molecule has 1 aliphatic rings. The van der Waals surface area contributed by atoms with E-state index in [2.05, 4.69) is 5.32 Å². The minimum atomic E-state index is -1.02. The average molecular weight is 497 g/mol. The molecular formula is C27H29FN2O4S. The van der Waals surface area contributed by atoms with Gasteiger partial charge in [-0.2, -0.15) is 0 Å². The number of nitrogens with zero attached hydrogens (tertiary/aromatic N) is 1. The molecule has 0 radical (unpaired) electrons. The number of thiophene rings is 1. The summed E-state index contributed by atoms with van der Waals surface area (Å²) in [5, 5.41) is 5.05. The molecule has 1 fully saturated rings. The summed E-state index contributed by atoms with van der Waals surface area (Å²) in [4.78, 5) is 29.9. The van der Waals surface area contributed by atoms with Crippen LogP contribution in [0.3, 0.4) is 0 Å². The maximum Gasteiger partial charge on any atom is 0.248 e. The van der Waals surface area contributed by atoms with Crippen LogP contribution in [-0.2, 0) is 16.0 Å². The van der Waals surface area contributed by atoms with E-state index in [1.165, 1.54) is 47.6 Å². The van der Waals surface area contributed by atoms with Crippen molar-refractivity contribution in [3.05, 3.63) is 76.2 Å². The lowest BCUT2D eigenvalue weighted by molar-refractivity contribution is -0.127. The number of anilines is 1. The number of benzene rings is 2. The lowest BCUT2D eigenvalue weighted by Crippen LogP contribution is -2.47. The summed E-state index contributed by atoms with van der Waals surface area (Å²) < 4.78 is 24.8. The van der Waals surface area contributed by atoms with Crippen molar-refractivity contribution in [2.75, 3.05) is 19.1 Å². The highest BCUT2D eigenvalue weighted by Gasteiger charge is 2.36. The Kier molecular flexibility index (Phi) is 8.02. The molecule has 8 heteroatoms. The van der Waals surface area contributed by atoms with Crippen molar-refractivity contribution in [1.29, 1.82) is 0 Å². The van der Waals surface area contributed by atoms with E-state index in [-0.39, 0.29) is 24.3 Å². The van der Waals surface area contributed by atoms with Gasteiger partial charge in [-0.25, -0.2) is 4.39 Å². The molecule has 0 saturated heterocycles. The fraction of sp³-hybridized carbons (Fsp3) is 0.333. The van der Waals surface area contributed by atoms with Crippen LogP contribution in [0.25, 0.3) is 0 Å². The first-order chi connectivity index (χ1) is 17.0. The molecule has 1 aromatic heterocycles. The van der Waals surface area contributed by atoms with Crippen LogP contribution in [0.5, 0.6) is 11.5 Å². The highest BCUT2D eigenvalue weighted by molar-refractivity contribution is 7.10. The monoisotopic (exact) mass is 496 g/mol. The molecule has 0 unspecified atom stereocenters. The van der Waals surface area contributed by atoms with E-state index in [0.29, 0.717) is 22.7 Å². The molecule has 184 valence electrons. The summed E-state index contributed by atoms with van der Waals surface area (Å²) in [6.07, 6.45) is 4.03. The Bertz CT molecular complexity index is 1140. The van der Waals surface area contributed by atoms with Crippen molar-refractivity contribution < 1.29 is 23.5 Å². The van der Waals surface area contributed by atoms with Gasteiger partial charge in [0.1, 0.15) is 23.4 Å². The predicted molar refractivity (Wildman–Crippen MR) is 135 cm³/mol. The fourth-order valence-electron chi connectivity index (χ4n) is 4.48. The van der Waals surface area contributed by atoms with Crippen LogP contribution in [0.4, 0.5) is 10.1 Å². The summed E-state index contributed by atoms with van der Waals surface area (Å²) in [6.45, 7) is 0. The van der Waals surface area contributed by atoms with Crippen LogP contribution < -0.4 is 19.7 Å². The van der Waals surface area contributed by atoms with E-state index < -0.39 is 11.9 Å². The largest absolute Gasteiger partial charge is 0.497 e. The summed E-state index contributed by atoms with van der Waals surface area (Å²) in [5.74, 6) is -0.00753. The number of hydrogen-bond donors (Lipinski definition) is 1. The van der Waals surface area contributed by atoms with Gasteiger partial charge in [-0.1, -0.05) is 18.9 Å². The maximum absolute atomic E-state index is 13.8. The van der Waals surface area contributed by atoms with Crippen molar-refractivity contribution in [3.63, 3.8) is 0 Å². The number of amides is 2. The fourth-order valence-corrected chi connectivity index (χ4v) is 5.17. The Hall–Kier alpha value is -3.39. The van der Waals surface area contributed by atoms with E-state index in [1.54, 1.807) is 25.3 Å². The number of carbonyl (C=O) groups is 2. The highest BCUT2D eigenvalue weighted by Crippen LogP contribution is 2.37. The third-order valence-electron chi connectivity index (χ3n) is 6.22. The summed E-state index contributed by atoms with van der Waals surface area (Å²) in [7, 11) is 3.06. The van der Waals surface area contributed by atoms with Crippen molar-refractivity contribution in [2.24, 2.45) is 0 Å². The van der Waals surface area contributed by atoms with E-state index >= 15 is 0 Å². The van der Waals surface area contributed by atoms with Crippen LogP contribution in [0.1, 0.15) is 42.2 Å². The third kappa shape index (κ3) is 5.82. The Morgan fingerprint density at radius 2 is 1.83 bits per heavy atom. The number of carbonyl (C=O) groups excluding carboxylic acids is 2. The third-order valence-corrected chi connectivity index (χ3v) is 7.10. The minimum Gasteiger partial charge on any atom is -0.497 e. The summed E-state index contributed by atoms with van der Waals surface area (Å²) in [6, 6.07) is 13.6. The number of hydrogen-bond acceptors (Lipinski definition) is 5. The van der Waals surface area contributed by atoms with E-state index in [0.717, 1.165) is 30.6 Å². The second kappa shape index (κ2) is 11.4. The van der Waals surface area contributed by atoms with Gasteiger partial charge < -0.3 is 14.8 Å². The topological polar surface area (TPSA) is 67.9 Å². The molecule has 1 heterocycles.